The van der Waals surface area contributed by atoms with Gasteiger partial charge in [0, 0.05) is 15.2 Å². The van der Waals surface area contributed by atoms with Gasteiger partial charge >= 0.3 is 5.97 Å². The molecule has 3 aromatic rings. The standard InChI is InChI=1S/C19H18BrNO5S/c20-12-4-6-14-15-11-13(5-7-16(15)26-17(14)10-12)27(24,25)21-19(18(22)23)8-2-1-3-9-19/h4-7,10-11,21H,1-3,8-9H2,(H,22,23). The van der Waals surface area contributed by atoms with E-state index in [1.54, 1.807) is 6.07 Å². The normalized spacial score (nSPS) is 17.4. The van der Waals surface area contributed by atoms with Crippen LogP contribution in [-0.4, -0.2) is 25.0 Å². The van der Waals surface area contributed by atoms with Gasteiger partial charge in [-0.3, -0.25) is 4.79 Å². The van der Waals surface area contributed by atoms with E-state index < -0.39 is 21.5 Å². The quantitative estimate of drug-likeness (QED) is 0.611. The lowest BCUT2D eigenvalue weighted by Crippen LogP contribution is -2.55. The monoisotopic (exact) mass is 451 g/mol. The van der Waals surface area contributed by atoms with Crippen LogP contribution in [0.4, 0.5) is 0 Å². The summed E-state index contributed by atoms with van der Waals surface area (Å²) in [4.78, 5) is 11.9. The van der Waals surface area contributed by atoms with E-state index in [-0.39, 0.29) is 4.90 Å². The topological polar surface area (TPSA) is 96.6 Å². The van der Waals surface area contributed by atoms with Crippen LogP contribution in [0, 0.1) is 0 Å². The summed E-state index contributed by atoms with van der Waals surface area (Å²) in [6, 6.07) is 10.1. The second-order valence-electron chi connectivity index (χ2n) is 6.95. The average molecular weight is 452 g/mol. The number of halogens is 1. The summed E-state index contributed by atoms with van der Waals surface area (Å²) in [6.45, 7) is 0. The van der Waals surface area contributed by atoms with Crippen LogP contribution in [0.3, 0.4) is 0 Å². The minimum absolute atomic E-state index is 0.0341. The Labute approximate surface area is 164 Å². The maximum Gasteiger partial charge on any atom is 0.324 e. The predicted octanol–water partition coefficient (Wildman–Crippen LogP) is 4.41. The summed E-state index contributed by atoms with van der Waals surface area (Å²) < 4.78 is 35.0. The Kier molecular flexibility index (Phi) is 4.52. The molecule has 0 amide bonds. The van der Waals surface area contributed by atoms with E-state index in [4.69, 9.17) is 4.42 Å². The van der Waals surface area contributed by atoms with Gasteiger partial charge in [0.05, 0.1) is 4.90 Å². The Morgan fingerprint density at radius 2 is 1.78 bits per heavy atom. The fraction of sp³-hybridized carbons (Fsp3) is 0.316. The highest BCUT2D eigenvalue weighted by Gasteiger charge is 2.43. The maximum absolute atomic E-state index is 13.0. The minimum Gasteiger partial charge on any atom is -0.480 e. The van der Waals surface area contributed by atoms with Gasteiger partial charge in [0.1, 0.15) is 16.7 Å². The number of hydrogen-bond acceptors (Lipinski definition) is 4. The van der Waals surface area contributed by atoms with E-state index >= 15 is 0 Å². The van der Waals surface area contributed by atoms with E-state index in [0.717, 1.165) is 16.3 Å². The molecule has 27 heavy (non-hydrogen) atoms. The molecule has 1 fully saturated rings. The molecule has 1 saturated carbocycles. The van der Waals surface area contributed by atoms with Crippen LogP contribution in [0.5, 0.6) is 0 Å². The smallest absolute Gasteiger partial charge is 0.324 e. The summed E-state index contributed by atoms with van der Waals surface area (Å²) in [5.41, 5.74) is -0.209. The highest BCUT2D eigenvalue weighted by atomic mass is 79.9. The van der Waals surface area contributed by atoms with Crippen molar-refractivity contribution in [3.05, 3.63) is 40.9 Å². The van der Waals surface area contributed by atoms with Gasteiger partial charge in [0.25, 0.3) is 0 Å². The number of aliphatic carboxylic acids is 1. The Balaban J connectivity index is 1.78. The van der Waals surface area contributed by atoms with Crippen molar-refractivity contribution < 1.29 is 22.7 Å². The molecule has 4 rings (SSSR count). The van der Waals surface area contributed by atoms with Crippen molar-refractivity contribution in [3.8, 4) is 0 Å². The van der Waals surface area contributed by atoms with Crippen LogP contribution in [0.1, 0.15) is 32.1 Å². The molecule has 142 valence electrons. The molecule has 0 radical (unpaired) electrons. The fourth-order valence-corrected chi connectivity index (χ4v) is 5.51. The second kappa shape index (κ2) is 6.61. The van der Waals surface area contributed by atoms with E-state index in [1.165, 1.54) is 12.1 Å². The molecule has 0 bridgehead atoms. The fourth-order valence-electron chi connectivity index (χ4n) is 3.73. The van der Waals surface area contributed by atoms with E-state index in [9.17, 15) is 18.3 Å². The second-order valence-corrected chi connectivity index (χ2v) is 9.55. The maximum atomic E-state index is 13.0. The number of carboxylic acid groups (broad SMARTS) is 1. The average Bonchev–Trinajstić information content (AvgIpc) is 2.98. The first kappa shape index (κ1) is 18.5. The molecule has 1 aromatic heterocycles. The molecule has 1 heterocycles. The van der Waals surface area contributed by atoms with E-state index in [2.05, 4.69) is 20.7 Å². The zero-order chi connectivity index (χ0) is 19.2. The number of carbonyl (C=O) groups is 1. The Hall–Kier alpha value is -1.90. The summed E-state index contributed by atoms with van der Waals surface area (Å²) in [5.74, 6) is -1.12. The molecule has 0 aliphatic heterocycles. The van der Waals surface area contributed by atoms with Crippen LogP contribution in [0.2, 0.25) is 0 Å². The highest BCUT2D eigenvalue weighted by molar-refractivity contribution is 9.10. The van der Waals surface area contributed by atoms with Crippen LogP contribution in [-0.2, 0) is 14.8 Å². The highest BCUT2D eigenvalue weighted by Crippen LogP contribution is 2.34. The van der Waals surface area contributed by atoms with Crippen molar-refractivity contribution in [1.29, 1.82) is 0 Å². The summed E-state index contributed by atoms with van der Waals surface area (Å²) in [5, 5.41) is 11.1. The molecular weight excluding hydrogens is 434 g/mol. The lowest BCUT2D eigenvalue weighted by atomic mass is 9.83. The van der Waals surface area contributed by atoms with Crippen molar-refractivity contribution in [2.45, 2.75) is 42.5 Å². The number of fused-ring (bicyclic) bond motifs is 3. The van der Waals surface area contributed by atoms with Crippen LogP contribution < -0.4 is 4.72 Å². The first-order valence-corrected chi connectivity index (χ1v) is 11.0. The number of hydrogen-bond donors (Lipinski definition) is 2. The van der Waals surface area contributed by atoms with Gasteiger partial charge in [0.15, 0.2) is 0 Å². The number of carboxylic acids is 1. The number of furan rings is 1. The van der Waals surface area contributed by atoms with Gasteiger partial charge in [-0.05, 0) is 49.2 Å². The summed E-state index contributed by atoms with van der Waals surface area (Å²) in [7, 11) is -3.99. The van der Waals surface area contributed by atoms with E-state index in [1.807, 2.05) is 18.2 Å². The number of sulfonamides is 1. The van der Waals surface area contributed by atoms with Gasteiger partial charge in [0.2, 0.25) is 10.0 Å². The van der Waals surface area contributed by atoms with Gasteiger partial charge in [-0.25, -0.2) is 8.42 Å². The molecular formula is C19H18BrNO5S. The molecule has 1 aliphatic rings. The summed E-state index contributed by atoms with van der Waals surface area (Å²) in [6.07, 6.45) is 2.89. The third-order valence-corrected chi connectivity index (χ3v) is 7.19. The van der Waals surface area contributed by atoms with Crippen molar-refractivity contribution in [2.24, 2.45) is 0 Å². The first-order chi connectivity index (χ1) is 12.8. The molecule has 0 saturated heterocycles. The number of benzene rings is 2. The van der Waals surface area contributed by atoms with Crippen molar-refractivity contribution in [2.75, 3.05) is 0 Å². The molecule has 1 aliphatic carbocycles. The van der Waals surface area contributed by atoms with Gasteiger partial charge in [-0.15, -0.1) is 0 Å². The SMILES string of the molecule is O=C(O)C1(NS(=O)(=O)c2ccc3oc4cc(Br)ccc4c3c2)CCCCC1. The molecule has 6 nitrogen and oxygen atoms in total. The lowest BCUT2D eigenvalue weighted by Gasteiger charge is -2.33. The zero-order valence-electron chi connectivity index (χ0n) is 14.4. The molecule has 2 aromatic carbocycles. The van der Waals surface area contributed by atoms with Crippen molar-refractivity contribution in [1.82, 2.24) is 4.72 Å². The van der Waals surface area contributed by atoms with Crippen molar-refractivity contribution >= 4 is 53.9 Å². The van der Waals surface area contributed by atoms with Gasteiger partial charge < -0.3 is 9.52 Å². The van der Waals surface area contributed by atoms with Gasteiger partial charge in [-0.2, -0.15) is 4.72 Å². The molecule has 0 unspecified atom stereocenters. The predicted molar refractivity (Wildman–Crippen MR) is 105 cm³/mol. The molecule has 0 atom stereocenters. The third kappa shape index (κ3) is 3.26. The van der Waals surface area contributed by atoms with Crippen molar-refractivity contribution in [3.63, 3.8) is 0 Å². The Bertz CT molecular complexity index is 1150. The minimum atomic E-state index is -3.99. The van der Waals surface area contributed by atoms with Crippen LogP contribution in [0.15, 0.2) is 50.2 Å². The first-order valence-electron chi connectivity index (χ1n) is 8.70. The molecule has 2 N–H and O–H groups in total. The third-order valence-electron chi connectivity index (χ3n) is 5.16. The number of nitrogens with one attached hydrogen (secondary N) is 1. The largest absolute Gasteiger partial charge is 0.480 e. The Morgan fingerprint density at radius 1 is 1.04 bits per heavy atom. The molecule has 0 spiro atoms. The summed E-state index contributed by atoms with van der Waals surface area (Å²) >= 11 is 3.39. The number of rotatable bonds is 4. The molecule has 8 heteroatoms. The van der Waals surface area contributed by atoms with Crippen LogP contribution in [0.25, 0.3) is 21.9 Å². The van der Waals surface area contributed by atoms with Gasteiger partial charge in [-0.1, -0.05) is 35.2 Å². The zero-order valence-corrected chi connectivity index (χ0v) is 16.8. The lowest BCUT2D eigenvalue weighted by molar-refractivity contribution is -0.145. The van der Waals surface area contributed by atoms with E-state index in [0.29, 0.717) is 42.2 Å². The Morgan fingerprint density at radius 3 is 2.48 bits per heavy atom. The van der Waals surface area contributed by atoms with Crippen LogP contribution >= 0.6 is 15.9 Å².